The van der Waals surface area contributed by atoms with E-state index in [1.54, 1.807) is 0 Å². The van der Waals surface area contributed by atoms with Crippen molar-refractivity contribution in [2.24, 2.45) is 0 Å². The van der Waals surface area contributed by atoms with Crippen LogP contribution in [0.15, 0.2) is 91.0 Å². The molecule has 1 nitrogen and oxygen atoms in total. The van der Waals surface area contributed by atoms with E-state index in [1.807, 2.05) is 0 Å². The van der Waals surface area contributed by atoms with Crippen LogP contribution < -0.4 is 4.57 Å². The second-order valence-electron chi connectivity index (χ2n) is 9.29. The first-order valence-electron chi connectivity index (χ1n) is 10.8. The molecule has 3 aromatic carbocycles. The van der Waals surface area contributed by atoms with E-state index >= 15 is 0 Å². The minimum absolute atomic E-state index is 0.0326. The van der Waals surface area contributed by atoms with Gasteiger partial charge in [0.2, 0.25) is 5.69 Å². The number of aromatic nitrogens is 1. The summed E-state index contributed by atoms with van der Waals surface area (Å²) < 4.78 is 2.57. The minimum atomic E-state index is 0.0326. The minimum Gasteiger partial charge on any atom is -0.190 e. The molecule has 0 amide bonds. The van der Waals surface area contributed by atoms with Crippen molar-refractivity contribution >= 4 is 0 Å². The Kier molecular flexibility index (Phi) is 4.55. The Labute approximate surface area is 179 Å². The first kappa shape index (κ1) is 18.8. The predicted molar refractivity (Wildman–Crippen MR) is 125 cm³/mol. The molecule has 1 aliphatic carbocycles. The van der Waals surface area contributed by atoms with Gasteiger partial charge in [-0.3, -0.25) is 0 Å². The summed E-state index contributed by atoms with van der Waals surface area (Å²) in [6.07, 6.45) is 0.995. The van der Waals surface area contributed by atoms with E-state index in [2.05, 4.69) is 116 Å². The van der Waals surface area contributed by atoms with Crippen LogP contribution >= 0.6 is 0 Å². The Morgan fingerprint density at radius 3 is 2.07 bits per heavy atom. The van der Waals surface area contributed by atoms with Crippen LogP contribution in [-0.2, 0) is 18.4 Å². The Hall–Kier alpha value is -3.19. The standard InChI is InChI=1S/C29H28N/c1-29(2,3)27-19-25(22-14-8-5-9-15-22)26-18-23-16-10-11-17-24(23)28(26)30(27)20-21-12-6-4-7-13-21/h4-17,19H,18,20H2,1-3H3/q+1. The SMILES string of the molecule is CC(C)(C)c1cc(-c2ccccc2)c2c([n+]1Cc1ccccc1)-c1ccccc1C2. The van der Waals surface area contributed by atoms with Gasteiger partial charge in [0.25, 0.3) is 0 Å². The molecular formula is C29H28N+. The summed E-state index contributed by atoms with van der Waals surface area (Å²) in [4.78, 5) is 0. The zero-order valence-corrected chi connectivity index (χ0v) is 18.0. The molecule has 0 spiro atoms. The van der Waals surface area contributed by atoms with Gasteiger partial charge in [-0.2, -0.15) is 4.57 Å². The fraction of sp³-hybridized carbons (Fsp3) is 0.207. The number of benzene rings is 3. The maximum atomic E-state index is 2.57. The molecule has 0 atom stereocenters. The first-order valence-corrected chi connectivity index (χ1v) is 10.8. The zero-order valence-electron chi connectivity index (χ0n) is 18.0. The molecule has 148 valence electrons. The van der Waals surface area contributed by atoms with E-state index in [4.69, 9.17) is 0 Å². The van der Waals surface area contributed by atoms with Crippen LogP contribution in [0.5, 0.6) is 0 Å². The zero-order chi connectivity index (χ0) is 20.7. The number of hydrogen-bond acceptors (Lipinski definition) is 0. The Morgan fingerprint density at radius 2 is 1.37 bits per heavy atom. The molecule has 1 heteroatoms. The van der Waals surface area contributed by atoms with Gasteiger partial charge in [0.05, 0.1) is 5.56 Å². The van der Waals surface area contributed by atoms with Crippen molar-refractivity contribution in [1.82, 2.24) is 0 Å². The number of hydrogen-bond donors (Lipinski definition) is 0. The third kappa shape index (κ3) is 3.25. The highest BCUT2D eigenvalue weighted by molar-refractivity contribution is 5.81. The van der Waals surface area contributed by atoms with Crippen molar-refractivity contribution in [2.45, 2.75) is 39.2 Å². The average molecular weight is 391 g/mol. The van der Waals surface area contributed by atoms with Gasteiger partial charge >= 0.3 is 0 Å². The summed E-state index contributed by atoms with van der Waals surface area (Å²) in [7, 11) is 0. The van der Waals surface area contributed by atoms with E-state index in [-0.39, 0.29) is 5.41 Å². The lowest BCUT2D eigenvalue weighted by molar-refractivity contribution is -0.688. The average Bonchev–Trinajstić information content (AvgIpc) is 3.14. The molecule has 0 fully saturated rings. The molecule has 1 aromatic heterocycles. The highest BCUT2D eigenvalue weighted by Crippen LogP contribution is 2.41. The largest absolute Gasteiger partial charge is 0.217 e. The number of nitrogens with zero attached hydrogens (tertiary/aromatic N) is 1. The van der Waals surface area contributed by atoms with Crippen molar-refractivity contribution in [3.8, 4) is 22.4 Å². The third-order valence-corrected chi connectivity index (χ3v) is 6.13. The highest BCUT2D eigenvalue weighted by atomic mass is 15.0. The van der Waals surface area contributed by atoms with Crippen LogP contribution in [0.4, 0.5) is 0 Å². The van der Waals surface area contributed by atoms with Crippen LogP contribution in [0.25, 0.3) is 22.4 Å². The molecular weight excluding hydrogens is 362 g/mol. The Bertz CT molecular complexity index is 1200. The second kappa shape index (κ2) is 7.25. The summed E-state index contributed by atoms with van der Waals surface area (Å²) in [5.74, 6) is 0. The van der Waals surface area contributed by atoms with Gasteiger partial charge in [-0.15, -0.1) is 0 Å². The predicted octanol–water partition coefficient (Wildman–Crippen LogP) is 6.56. The second-order valence-corrected chi connectivity index (χ2v) is 9.29. The summed E-state index contributed by atoms with van der Waals surface area (Å²) in [5, 5.41) is 0. The quantitative estimate of drug-likeness (QED) is 0.307. The highest BCUT2D eigenvalue weighted by Gasteiger charge is 2.36. The Morgan fingerprint density at radius 1 is 0.733 bits per heavy atom. The molecule has 0 saturated carbocycles. The maximum absolute atomic E-state index is 2.57. The van der Waals surface area contributed by atoms with E-state index in [0.717, 1.165) is 13.0 Å². The third-order valence-electron chi connectivity index (χ3n) is 6.13. The van der Waals surface area contributed by atoms with Gasteiger partial charge in [0, 0.05) is 29.0 Å². The summed E-state index contributed by atoms with van der Waals surface area (Å²) in [6, 6.07) is 33.1. The van der Waals surface area contributed by atoms with Crippen molar-refractivity contribution in [2.75, 3.05) is 0 Å². The van der Waals surface area contributed by atoms with Crippen molar-refractivity contribution in [3.63, 3.8) is 0 Å². The van der Waals surface area contributed by atoms with Gasteiger partial charge in [-0.25, -0.2) is 0 Å². The van der Waals surface area contributed by atoms with Gasteiger partial charge < -0.3 is 0 Å². The van der Waals surface area contributed by atoms with Crippen LogP contribution in [0.2, 0.25) is 0 Å². The lowest BCUT2D eigenvalue weighted by atomic mass is 9.86. The first-order chi connectivity index (χ1) is 14.5. The number of pyridine rings is 1. The molecule has 0 unspecified atom stereocenters. The van der Waals surface area contributed by atoms with Gasteiger partial charge in [-0.1, -0.05) is 99.6 Å². The molecule has 4 aromatic rings. The normalized spacial score (nSPS) is 12.5. The lowest BCUT2D eigenvalue weighted by Gasteiger charge is -2.21. The van der Waals surface area contributed by atoms with Crippen LogP contribution in [0, 0.1) is 0 Å². The van der Waals surface area contributed by atoms with E-state index < -0.39 is 0 Å². The Balaban J connectivity index is 1.83. The van der Waals surface area contributed by atoms with Crippen LogP contribution in [-0.4, -0.2) is 0 Å². The lowest BCUT2D eigenvalue weighted by Crippen LogP contribution is -2.46. The van der Waals surface area contributed by atoms with E-state index in [1.165, 1.54) is 44.8 Å². The maximum Gasteiger partial charge on any atom is 0.217 e. The molecule has 0 bridgehead atoms. The number of rotatable bonds is 3. The van der Waals surface area contributed by atoms with E-state index in [9.17, 15) is 0 Å². The van der Waals surface area contributed by atoms with Crippen molar-refractivity contribution < 1.29 is 4.57 Å². The van der Waals surface area contributed by atoms with Gasteiger partial charge in [-0.05, 0) is 22.8 Å². The molecule has 0 N–H and O–H groups in total. The molecule has 1 aliphatic rings. The number of fused-ring (bicyclic) bond motifs is 3. The van der Waals surface area contributed by atoms with Gasteiger partial charge in [0.15, 0.2) is 12.2 Å². The monoisotopic (exact) mass is 390 g/mol. The fourth-order valence-electron chi connectivity index (χ4n) is 4.72. The van der Waals surface area contributed by atoms with Crippen molar-refractivity contribution in [3.05, 3.63) is 113 Å². The molecule has 5 rings (SSSR count). The summed E-state index contributed by atoms with van der Waals surface area (Å²) in [6.45, 7) is 7.86. The molecule has 30 heavy (non-hydrogen) atoms. The molecule has 0 aliphatic heterocycles. The fourth-order valence-corrected chi connectivity index (χ4v) is 4.72. The summed E-state index contributed by atoms with van der Waals surface area (Å²) >= 11 is 0. The molecule has 0 saturated heterocycles. The topological polar surface area (TPSA) is 3.88 Å². The van der Waals surface area contributed by atoms with Crippen LogP contribution in [0.3, 0.4) is 0 Å². The smallest absolute Gasteiger partial charge is 0.190 e. The molecule has 1 heterocycles. The van der Waals surface area contributed by atoms with E-state index in [0.29, 0.717) is 0 Å². The molecule has 0 radical (unpaired) electrons. The summed E-state index contributed by atoms with van der Waals surface area (Å²) in [5.41, 5.74) is 11.1. The van der Waals surface area contributed by atoms with Gasteiger partial charge in [0.1, 0.15) is 0 Å². The van der Waals surface area contributed by atoms with Crippen molar-refractivity contribution in [1.29, 1.82) is 0 Å². The van der Waals surface area contributed by atoms with Crippen LogP contribution in [0.1, 0.15) is 43.2 Å².